The summed E-state index contributed by atoms with van der Waals surface area (Å²) in [5.74, 6) is 1.03. The van der Waals surface area contributed by atoms with Gasteiger partial charge in [0.2, 0.25) is 0 Å². The normalized spacial score (nSPS) is 11.7. The third-order valence-electron chi connectivity index (χ3n) is 3.36. The van der Waals surface area contributed by atoms with E-state index in [0.29, 0.717) is 10.6 Å². The van der Waals surface area contributed by atoms with Gasteiger partial charge in [-0.15, -0.1) is 0 Å². The maximum Gasteiger partial charge on any atom is 0.286 e. The van der Waals surface area contributed by atoms with Gasteiger partial charge in [0, 0.05) is 7.05 Å². The van der Waals surface area contributed by atoms with Crippen molar-refractivity contribution in [3.8, 4) is 11.5 Å². The van der Waals surface area contributed by atoms with Crippen LogP contribution >= 0.6 is 11.3 Å². The minimum absolute atomic E-state index is 0.0967. The highest BCUT2D eigenvalue weighted by atomic mass is 32.1. The lowest BCUT2D eigenvalue weighted by molar-refractivity contribution is -0.120. The van der Waals surface area contributed by atoms with Gasteiger partial charge in [-0.1, -0.05) is 23.5 Å². The lowest BCUT2D eigenvalue weighted by Gasteiger charge is -2.04. The van der Waals surface area contributed by atoms with Crippen molar-refractivity contribution in [3.05, 3.63) is 53.3 Å². The van der Waals surface area contributed by atoms with Gasteiger partial charge in [0.1, 0.15) is 11.5 Å². The van der Waals surface area contributed by atoms with Crippen LogP contribution in [0.4, 0.5) is 0 Å². The molecule has 23 heavy (non-hydrogen) atoms. The molecule has 5 nitrogen and oxygen atoms in total. The third-order valence-corrected chi connectivity index (χ3v) is 4.47. The molecule has 0 radical (unpaired) electrons. The van der Waals surface area contributed by atoms with Gasteiger partial charge in [-0.05, 0) is 36.4 Å². The van der Waals surface area contributed by atoms with Crippen molar-refractivity contribution in [1.29, 1.82) is 0 Å². The van der Waals surface area contributed by atoms with E-state index in [1.54, 1.807) is 31.4 Å². The Hall–Kier alpha value is -2.60. The molecule has 0 saturated carbocycles. The van der Waals surface area contributed by atoms with Crippen molar-refractivity contribution in [3.63, 3.8) is 0 Å². The monoisotopic (exact) mass is 328 g/mol. The second kappa shape index (κ2) is 6.66. The molecule has 3 aromatic rings. The number of fused-ring (bicyclic) bond motifs is 1. The lowest BCUT2D eigenvalue weighted by atomic mass is 10.3. The average molecular weight is 328 g/mol. The lowest BCUT2D eigenvalue weighted by Crippen LogP contribution is -2.17. The van der Waals surface area contributed by atoms with E-state index in [1.807, 2.05) is 35.9 Å². The zero-order valence-electron chi connectivity index (χ0n) is 12.9. The number of hydrogen-bond acceptors (Lipinski definition) is 4. The maximum absolute atomic E-state index is 12.0. The number of benzene rings is 2. The predicted octanol–water partition coefficient (Wildman–Crippen LogP) is 2.75. The first-order valence-corrected chi connectivity index (χ1v) is 7.88. The molecule has 1 heterocycles. The van der Waals surface area contributed by atoms with Gasteiger partial charge >= 0.3 is 0 Å². The molecule has 3 rings (SSSR count). The molecule has 0 aliphatic rings. The highest BCUT2D eigenvalue weighted by Gasteiger charge is 2.05. The number of para-hydroxylation sites is 1. The minimum atomic E-state index is -0.317. The Morgan fingerprint density at radius 1 is 1.13 bits per heavy atom. The van der Waals surface area contributed by atoms with Gasteiger partial charge in [0.25, 0.3) is 5.91 Å². The summed E-state index contributed by atoms with van der Waals surface area (Å²) in [5.41, 5.74) is 1.06. The van der Waals surface area contributed by atoms with Crippen LogP contribution < -0.4 is 14.3 Å². The van der Waals surface area contributed by atoms with E-state index in [4.69, 9.17) is 9.47 Å². The first-order chi connectivity index (χ1) is 11.2. The van der Waals surface area contributed by atoms with Crippen molar-refractivity contribution >= 4 is 27.5 Å². The summed E-state index contributed by atoms with van der Waals surface area (Å²) < 4.78 is 13.5. The van der Waals surface area contributed by atoms with E-state index < -0.39 is 0 Å². The minimum Gasteiger partial charge on any atom is -0.497 e. The molecule has 0 aliphatic carbocycles. The van der Waals surface area contributed by atoms with E-state index in [-0.39, 0.29) is 12.5 Å². The van der Waals surface area contributed by atoms with Crippen molar-refractivity contribution in [1.82, 2.24) is 4.57 Å². The number of ether oxygens (including phenoxy) is 2. The van der Waals surface area contributed by atoms with Crippen molar-refractivity contribution < 1.29 is 14.3 Å². The van der Waals surface area contributed by atoms with Crippen LogP contribution in [0.25, 0.3) is 10.2 Å². The van der Waals surface area contributed by atoms with Crippen LogP contribution in [0.1, 0.15) is 0 Å². The number of aryl methyl sites for hydroxylation is 1. The van der Waals surface area contributed by atoms with Gasteiger partial charge in [-0.3, -0.25) is 4.79 Å². The molecule has 6 heteroatoms. The van der Waals surface area contributed by atoms with Crippen LogP contribution in [0.2, 0.25) is 0 Å². The quantitative estimate of drug-likeness (QED) is 0.740. The highest BCUT2D eigenvalue weighted by molar-refractivity contribution is 7.16. The maximum atomic E-state index is 12.0. The molecule has 0 N–H and O–H groups in total. The third kappa shape index (κ3) is 3.43. The van der Waals surface area contributed by atoms with Gasteiger partial charge in [-0.25, -0.2) is 0 Å². The van der Waals surface area contributed by atoms with Crippen molar-refractivity contribution in [2.75, 3.05) is 13.7 Å². The first-order valence-electron chi connectivity index (χ1n) is 7.06. The molecular formula is C17H16N2O3S. The number of carbonyl (C=O) groups excluding carboxylic acids is 1. The molecule has 118 valence electrons. The zero-order chi connectivity index (χ0) is 16.2. The summed E-state index contributed by atoms with van der Waals surface area (Å²) >= 11 is 1.48. The number of rotatable bonds is 4. The number of amides is 1. The Labute approximate surface area is 137 Å². The molecule has 0 saturated heterocycles. The standard InChI is InChI=1S/C17H16N2O3S/c1-19-14-5-3-4-6-15(14)23-17(19)18-16(20)11-22-13-9-7-12(21-2)8-10-13/h3-10H,11H2,1-2H3. The Morgan fingerprint density at radius 2 is 1.83 bits per heavy atom. The number of carbonyl (C=O) groups is 1. The average Bonchev–Trinajstić information content (AvgIpc) is 2.90. The Bertz CT molecular complexity index is 894. The summed E-state index contributed by atoms with van der Waals surface area (Å²) in [6, 6.07) is 15.0. The van der Waals surface area contributed by atoms with Gasteiger partial charge < -0.3 is 14.0 Å². The Kier molecular flexibility index (Phi) is 4.43. The highest BCUT2D eigenvalue weighted by Crippen LogP contribution is 2.17. The number of methoxy groups -OCH3 is 1. The molecule has 0 atom stereocenters. The molecular weight excluding hydrogens is 312 g/mol. The summed E-state index contributed by atoms with van der Waals surface area (Å²) in [6.07, 6.45) is 0. The molecule has 1 amide bonds. The molecule has 2 aromatic carbocycles. The molecule has 0 bridgehead atoms. The van der Waals surface area contributed by atoms with E-state index in [2.05, 4.69) is 4.99 Å². The summed E-state index contributed by atoms with van der Waals surface area (Å²) in [6.45, 7) is -0.0967. The molecule has 0 fully saturated rings. The fraction of sp³-hybridized carbons (Fsp3) is 0.176. The summed E-state index contributed by atoms with van der Waals surface area (Å²) in [5, 5.41) is 0. The van der Waals surface area contributed by atoms with E-state index in [0.717, 1.165) is 16.0 Å². The molecule has 0 aliphatic heterocycles. The van der Waals surface area contributed by atoms with Crippen LogP contribution in [-0.2, 0) is 11.8 Å². The topological polar surface area (TPSA) is 52.8 Å². The number of thiazole rings is 1. The molecule has 0 spiro atoms. The smallest absolute Gasteiger partial charge is 0.286 e. The van der Waals surface area contributed by atoms with E-state index >= 15 is 0 Å². The van der Waals surface area contributed by atoms with E-state index in [1.165, 1.54) is 11.3 Å². The van der Waals surface area contributed by atoms with Gasteiger partial charge in [-0.2, -0.15) is 4.99 Å². The van der Waals surface area contributed by atoms with Crippen LogP contribution in [-0.4, -0.2) is 24.2 Å². The first kappa shape index (κ1) is 15.3. The van der Waals surface area contributed by atoms with Crippen molar-refractivity contribution in [2.24, 2.45) is 12.0 Å². The number of hydrogen-bond donors (Lipinski definition) is 0. The van der Waals surface area contributed by atoms with Crippen LogP contribution in [0, 0.1) is 0 Å². The second-order valence-electron chi connectivity index (χ2n) is 4.88. The Balaban J connectivity index is 1.73. The van der Waals surface area contributed by atoms with Gasteiger partial charge in [0.15, 0.2) is 11.4 Å². The summed E-state index contributed by atoms with van der Waals surface area (Å²) in [7, 11) is 3.50. The number of nitrogens with zero attached hydrogens (tertiary/aromatic N) is 2. The van der Waals surface area contributed by atoms with Gasteiger partial charge in [0.05, 0.1) is 17.3 Å². The van der Waals surface area contributed by atoms with Crippen LogP contribution in [0.5, 0.6) is 11.5 Å². The fourth-order valence-electron chi connectivity index (χ4n) is 2.14. The predicted molar refractivity (Wildman–Crippen MR) is 89.9 cm³/mol. The molecule has 1 aromatic heterocycles. The summed E-state index contributed by atoms with van der Waals surface area (Å²) in [4.78, 5) is 16.8. The molecule has 0 unspecified atom stereocenters. The fourth-order valence-corrected chi connectivity index (χ4v) is 3.18. The second-order valence-corrected chi connectivity index (χ2v) is 5.89. The number of aromatic nitrogens is 1. The zero-order valence-corrected chi connectivity index (χ0v) is 13.7. The Morgan fingerprint density at radius 3 is 2.52 bits per heavy atom. The largest absolute Gasteiger partial charge is 0.497 e. The van der Waals surface area contributed by atoms with E-state index in [9.17, 15) is 4.79 Å². The SMILES string of the molecule is COc1ccc(OCC(=O)N=c2sc3ccccc3n2C)cc1. The van der Waals surface area contributed by atoms with Crippen LogP contribution in [0.3, 0.4) is 0 Å². The van der Waals surface area contributed by atoms with Crippen molar-refractivity contribution in [2.45, 2.75) is 0 Å². The van der Waals surface area contributed by atoms with Crippen LogP contribution in [0.15, 0.2) is 53.5 Å².